The summed E-state index contributed by atoms with van der Waals surface area (Å²) in [6, 6.07) is 13.1. The van der Waals surface area contributed by atoms with Crippen molar-refractivity contribution in [2.45, 2.75) is 6.92 Å². The number of anilines is 2. The Hall–Kier alpha value is -5.08. The van der Waals surface area contributed by atoms with Crippen LogP contribution in [0.3, 0.4) is 0 Å². The van der Waals surface area contributed by atoms with Crippen LogP contribution in [0.15, 0.2) is 72.7 Å². The minimum atomic E-state index is -2.68. The topological polar surface area (TPSA) is 178 Å². The Morgan fingerprint density at radius 3 is 2.42 bits per heavy atom. The second-order valence-electron chi connectivity index (χ2n) is 8.09. The van der Waals surface area contributed by atoms with Gasteiger partial charge in [0.1, 0.15) is 11.5 Å². The second kappa shape index (κ2) is 12.2. The number of para-hydroxylation sites is 2. The Kier molecular flexibility index (Phi) is 8.51. The lowest BCUT2D eigenvalue weighted by atomic mass is 10.1. The largest absolute Gasteiger partial charge is 0.493 e. The minimum absolute atomic E-state index is 0.0580. The first-order valence-electron chi connectivity index (χ1n) is 11.5. The molecule has 4 N–H and O–H groups in total. The third-order valence-corrected chi connectivity index (χ3v) is 6.15. The molecule has 0 aliphatic carbocycles. The van der Waals surface area contributed by atoms with Gasteiger partial charge in [-0.2, -0.15) is 9.29 Å². The molecule has 3 heterocycles. The molecule has 13 nitrogen and oxygen atoms in total. The summed E-state index contributed by atoms with van der Waals surface area (Å²) < 4.78 is 41.3. The lowest BCUT2D eigenvalue weighted by Crippen LogP contribution is -2.23. The minimum Gasteiger partial charge on any atom is -0.493 e. The third kappa shape index (κ3) is 5.82. The van der Waals surface area contributed by atoms with Gasteiger partial charge in [-0.15, -0.1) is 0 Å². The Bertz CT molecular complexity index is 1600. The molecule has 40 heavy (non-hydrogen) atoms. The maximum absolute atomic E-state index is 12.8. The fraction of sp³-hybridized carbons (Fsp3) is 0.115. The average Bonchev–Trinajstić information content (AvgIpc) is 2.97. The first-order valence-corrected chi connectivity index (χ1v) is 12.6. The van der Waals surface area contributed by atoms with Gasteiger partial charge in [0.2, 0.25) is 5.75 Å². The molecule has 0 saturated heterocycles. The van der Waals surface area contributed by atoms with E-state index in [9.17, 15) is 8.76 Å². The molecule has 0 aliphatic heterocycles. The molecule has 0 aliphatic rings. The first-order chi connectivity index (χ1) is 19.3. The van der Waals surface area contributed by atoms with Crippen molar-refractivity contribution in [3.63, 3.8) is 0 Å². The smallest absolute Gasteiger partial charge is 0.269 e. The van der Waals surface area contributed by atoms with Crippen molar-refractivity contribution in [2.75, 3.05) is 18.5 Å². The first kappa shape index (κ1) is 27.9. The number of nitrogens with zero attached hydrogens (tertiary/aromatic N) is 6. The van der Waals surface area contributed by atoms with Gasteiger partial charge in [-0.05, 0) is 54.5 Å². The molecule has 0 fully saturated rings. The van der Waals surface area contributed by atoms with Gasteiger partial charge in [0.25, 0.3) is 17.1 Å². The number of hydrogen-bond acceptors (Lipinski definition) is 10. The number of ether oxygens (including phenoxy) is 3. The van der Waals surface area contributed by atoms with E-state index in [2.05, 4.69) is 31.7 Å². The number of benzene rings is 1. The van der Waals surface area contributed by atoms with Crippen molar-refractivity contribution in [3.05, 3.63) is 78.8 Å². The Labute approximate surface area is 232 Å². The van der Waals surface area contributed by atoms with E-state index in [1.165, 1.54) is 32.7 Å². The van der Waals surface area contributed by atoms with Gasteiger partial charge < -0.3 is 25.2 Å². The Morgan fingerprint density at radius 1 is 1.07 bits per heavy atom. The van der Waals surface area contributed by atoms with E-state index in [0.717, 1.165) is 15.4 Å². The van der Waals surface area contributed by atoms with Crippen LogP contribution in [0.4, 0.5) is 11.6 Å². The molecular weight excluding hydrogens is 538 g/mol. The number of pyridine rings is 2. The summed E-state index contributed by atoms with van der Waals surface area (Å²) in [5, 5.41) is 12.0. The Balaban J connectivity index is 1.98. The van der Waals surface area contributed by atoms with E-state index in [1.807, 2.05) is 6.92 Å². The highest BCUT2D eigenvalue weighted by atomic mass is 32.2. The molecule has 14 heteroatoms. The summed E-state index contributed by atoms with van der Waals surface area (Å²) in [5.74, 6) is 0.260. The lowest BCUT2D eigenvalue weighted by molar-refractivity contribution is 0.318. The van der Waals surface area contributed by atoms with Crippen molar-refractivity contribution in [1.29, 1.82) is 0 Å². The fourth-order valence-corrected chi connectivity index (χ4v) is 4.05. The molecule has 0 bridgehead atoms. The molecule has 4 aromatic rings. The maximum Gasteiger partial charge on any atom is 0.269 e. The van der Waals surface area contributed by atoms with E-state index in [0.29, 0.717) is 11.3 Å². The SMILES string of the molecule is C=C(C)c1ccc(N(c2nc(-c3ccnc(C(N)=NO)c3)nc(OC)c2Oc2ccccc2OC)S(=O)O)nc1. The van der Waals surface area contributed by atoms with Crippen LogP contribution < -0.4 is 24.2 Å². The zero-order valence-electron chi connectivity index (χ0n) is 21.7. The van der Waals surface area contributed by atoms with Crippen LogP contribution in [0.2, 0.25) is 0 Å². The molecule has 3 aromatic heterocycles. The highest BCUT2D eigenvalue weighted by molar-refractivity contribution is 7.81. The maximum atomic E-state index is 12.8. The predicted octanol–water partition coefficient (Wildman–Crippen LogP) is 4.15. The molecule has 1 atom stereocenters. The standard InChI is InChI=1S/C26H25N7O6S/c1-15(2)17-9-10-21(29-14-17)33(40(35)36)25-22(39-20-8-6-5-7-19(20)37-3)26(38-4)31-24(30-25)16-11-12-28-18(13-16)23(27)32-34/h5-14,34H,1H2,2-4H3,(H2,27,32)(H,35,36). The number of hydrogen-bond donors (Lipinski definition) is 3. The summed E-state index contributed by atoms with van der Waals surface area (Å²) in [4.78, 5) is 17.5. The van der Waals surface area contributed by atoms with Crippen LogP contribution >= 0.6 is 0 Å². The zero-order valence-corrected chi connectivity index (χ0v) is 22.5. The average molecular weight is 564 g/mol. The number of amidine groups is 1. The van der Waals surface area contributed by atoms with Crippen molar-refractivity contribution in [1.82, 2.24) is 19.9 Å². The molecule has 1 aromatic carbocycles. The molecule has 0 radical (unpaired) electrons. The highest BCUT2D eigenvalue weighted by Crippen LogP contribution is 2.44. The summed E-state index contributed by atoms with van der Waals surface area (Å²) in [5.41, 5.74) is 7.75. The van der Waals surface area contributed by atoms with E-state index in [-0.39, 0.29) is 46.4 Å². The van der Waals surface area contributed by atoms with Gasteiger partial charge in [-0.25, -0.2) is 14.2 Å². The van der Waals surface area contributed by atoms with Gasteiger partial charge >= 0.3 is 0 Å². The van der Waals surface area contributed by atoms with Crippen LogP contribution in [-0.4, -0.2) is 54.0 Å². The second-order valence-corrected chi connectivity index (χ2v) is 8.91. The molecule has 0 spiro atoms. The number of rotatable bonds is 10. The molecule has 206 valence electrons. The summed E-state index contributed by atoms with van der Waals surface area (Å²) >= 11 is -2.68. The van der Waals surface area contributed by atoms with Gasteiger partial charge in [-0.1, -0.05) is 23.9 Å². The number of oxime groups is 1. The summed E-state index contributed by atoms with van der Waals surface area (Å²) in [6.45, 7) is 5.71. The van der Waals surface area contributed by atoms with Crippen molar-refractivity contribution >= 4 is 34.3 Å². The summed E-state index contributed by atoms with van der Waals surface area (Å²) in [7, 11) is 2.84. The lowest BCUT2D eigenvalue weighted by Gasteiger charge is -2.23. The van der Waals surface area contributed by atoms with Gasteiger partial charge in [0, 0.05) is 18.0 Å². The normalized spacial score (nSPS) is 11.9. The van der Waals surface area contributed by atoms with E-state index in [4.69, 9.17) is 25.2 Å². The predicted molar refractivity (Wildman–Crippen MR) is 149 cm³/mol. The number of aromatic nitrogens is 4. The molecular formula is C26H25N7O6S. The van der Waals surface area contributed by atoms with Crippen molar-refractivity contribution < 1.29 is 28.2 Å². The van der Waals surface area contributed by atoms with Crippen LogP contribution in [0.1, 0.15) is 18.2 Å². The van der Waals surface area contributed by atoms with Crippen LogP contribution in [0.5, 0.6) is 23.1 Å². The van der Waals surface area contributed by atoms with E-state index in [1.54, 1.807) is 42.5 Å². The molecule has 0 amide bonds. The van der Waals surface area contributed by atoms with Crippen molar-refractivity contribution in [2.24, 2.45) is 10.9 Å². The number of nitrogens with two attached hydrogens (primary N) is 1. The van der Waals surface area contributed by atoms with Crippen LogP contribution in [0.25, 0.3) is 17.0 Å². The highest BCUT2D eigenvalue weighted by Gasteiger charge is 2.29. The Morgan fingerprint density at radius 2 is 1.82 bits per heavy atom. The number of methoxy groups -OCH3 is 2. The van der Waals surface area contributed by atoms with Crippen molar-refractivity contribution in [3.8, 4) is 34.5 Å². The van der Waals surface area contributed by atoms with E-state index < -0.39 is 11.3 Å². The van der Waals surface area contributed by atoms with Crippen LogP contribution in [0, 0.1) is 0 Å². The van der Waals surface area contributed by atoms with Gasteiger partial charge in [0.05, 0.1) is 14.2 Å². The summed E-state index contributed by atoms with van der Waals surface area (Å²) in [6.07, 6.45) is 2.93. The fourth-order valence-electron chi connectivity index (χ4n) is 3.51. The van der Waals surface area contributed by atoms with E-state index >= 15 is 0 Å². The molecule has 1 unspecified atom stereocenters. The quantitative estimate of drug-likeness (QED) is 0.0830. The van der Waals surface area contributed by atoms with Gasteiger partial charge in [0.15, 0.2) is 29.0 Å². The zero-order chi connectivity index (χ0) is 28.8. The molecule has 4 rings (SSSR count). The number of allylic oxidation sites excluding steroid dienone is 1. The third-order valence-electron chi connectivity index (χ3n) is 5.48. The van der Waals surface area contributed by atoms with Crippen LogP contribution in [-0.2, 0) is 11.3 Å². The monoisotopic (exact) mass is 563 g/mol. The molecule has 0 saturated carbocycles. The van der Waals surface area contributed by atoms with Gasteiger partial charge in [-0.3, -0.25) is 9.54 Å².